The average molecular weight is 472 g/mol. The summed E-state index contributed by atoms with van der Waals surface area (Å²) in [5, 5.41) is 4.65. The van der Waals surface area contributed by atoms with Gasteiger partial charge in [0, 0.05) is 28.9 Å². The first-order valence-electron chi connectivity index (χ1n) is 9.57. The molecular formula is C23H19Cl2N3O4. The molecule has 0 spiro atoms. The van der Waals surface area contributed by atoms with Gasteiger partial charge in [-0.3, -0.25) is 0 Å². The van der Waals surface area contributed by atoms with Crippen LogP contribution in [0, 0.1) is 0 Å². The van der Waals surface area contributed by atoms with Crippen molar-refractivity contribution in [2.45, 2.75) is 6.61 Å². The van der Waals surface area contributed by atoms with Crippen LogP contribution >= 0.6 is 24.0 Å². The molecule has 1 aromatic heterocycles. The molecular weight excluding hydrogens is 453 g/mol. The molecule has 5 rings (SSSR count). The van der Waals surface area contributed by atoms with Crippen LogP contribution in [-0.4, -0.2) is 23.9 Å². The Hall–Kier alpha value is -3.42. The van der Waals surface area contributed by atoms with Gasteiger partial charge in [0.25, 0.3) is 0 Å². The van der Waals surface area contributed by atoms with Crippen LogP contribution in [0.1, 0.15) is 5.56 Å². The molecule has 0 bridgehead atoms. The van der Waals surface area contributed by atoms with Crippen LogP contribution in [0.25, 0.3) is 10.9 Å². The fourth-order valence-electron chi connectivity index (χ4n) is 3.30. The lowest BCUT2D eigenvalue weighted by Gasteiger charge is -2.12. The maximum atomic E-state index is 6.16. The number of methoxy groups -OCH3 is 1. The first-order valence-corrected chi connectivity index (χ1v) is 9.95. The molecule has 7 nitrogen and oxygen atoms in total. The van der Waals surface area contributed by atoms with Crippen molar-refractivity contribution in [3.05, 3.63) is 71.4 Å². The summed E-state index contributed by atoms with van der Waals surface area (Å²) in [6, 6.07) is 16.9. The van der Waals surface area contributed by atoms with Gasteiger partial charge in [-0.2, -0.15) is 0 Å². The van der Waals surface area contributed by atoms with Crippen molar-refractivity contribution < 1.29 is 18.9 Å². The highest BCUT2D eigenvalue weighted by molar-refractivity contribution is 6.32. The Morgan fingerprint density at radius 2 is 1.84 bits per heavy atom. The maximum absolute atomic E-state index is 6.16. The largest absolute Gasteiger partial charge is 0.495 e. The van der Waals surface area contributed by atoms with Gasteiger partial charge in [0.05, 0.1) is 17.6 Å². The van der Waals surface area contributed by atoms with Crippen LogP contribution in [0.4, 0.5) is 11.6 Å². The summed E-state index contributed by atoms with van der Waals surface area (Å²) in [6.07, 6.45) is 1.75. The second-order valence-corrected chi connectivity index (χ2v) is 7.24. The number of ether oxygens (including phenoxy) is 4. The van der Waals surface area contributed by atoms with E-state index in [9.17, 15) is 0 Å². The Bertz CT molecular complexity index is 1250. The molecule has 0 unspecified atom stereocenters. The molecule has 1 aliphatic heterocycles. The smallest absolute Gasteiger partial charge is 0.231 e. The number of halogens is 2. The molecule has 1 N–H and O–H groups in total. The second kappa shape index (κ2) is 9.38. The minimum absolute atomic E-state index is 0. The molecule has 2 heterocycles. The summed E-state index contributed by atoms with van der Waals surface area (Å²) in [7, 11) is 1.59. The number of aromatic nitrogens is 2. The van der Waals surface area contributed by atoms with Crippen molar-refractivity contribution in [1.82, 2.24) is 9.97 Å². The van der Waals surface area contributed by atoms with Crippen LogP contribution in [0.3, 0.4) is 0 Å². The fourth-order valence-corrected chi connectivity index (χ4v) is 3.57. The maximum Gasteiger partial charge on any atom is 0.231 e. The van der Waals surface area contributed by atoms with Gasteiger partial charge >= 0.3 is 0 Å². The van der Waals surface area contributed by atoms with Gasteiger partial charge in [-0.1, -0.05) is 23.7 Å². The average Bonchev–Trinajstić information content (AvgIpc) is 3.24. The first kappa shape index (κ1) is 21.8. The zero-order valence-corrected chi connectivity index (χ0v) is 18.6. The van der Waals surface area contributed by atoms with Crippen LogP contribution in [0.2, 0.25) is 5.02 Å². The van der Waals surface area contributed by atoms with E-state index >= 15 is 0 Å². The van der Waals surface area contributed by atoms with Gasteiger partial charge in [0.2, 0.25) is 12.7 Å². The quantitative estimate of drug-likeness (QED) is 0.382. The number of nitrogens with one attached hydrogen (secondary N) is 1. The normalized spacial score (nSPS) is 11.7. The molecule has 32 heavy (non-hydrogen) atoms. The lowest BCUT2D eigenvalue weighted by molar-refractivity contribution is 0.174. The van der Waals surface area contributed by atoms with E-state index in [0.29, 0.717) is 34.8 Å². The van der Waals surface area contributed by atoms with E-state index < -0.39 is 0 Å². The minimum atomic E-state index is 0. The van der Waals surface area contributed by atoms with Gasteiger partial charge in [0.1, 0.15) is 18.1 Å². The van der Waals surface area contributed by atoms with Crippen molar-refractivity contribution in [3.8, 4) is 23.0 Å². The molecule has 0 aliphatic carbocycles. The summed E-state index contributed by atoms with van der Waals surface area (Å²) < 4.78 is 22.0. The molecule has 9 heteroatoms. The molecule has 1 aliphatic rings. The molecule has 0 radical (unpaired) electrons. The first-order chi connectivity index (χ1) is 15.2. The van der Waals surface area contributed by atoms with E-state index in [1.807, 2.05) is 48.5 Å². The third-order valence-electron chi connectivity index (χ3n) is 4.83. The van der Waals surface area contributed by atoms with Gasteiger partial charge in [-0.05, 0) is 36.4 Å². The van der Waals surface area contributed by atoms with E-state index in [4.69, 9.17) is 30.5 Å². The summed E-state index contributed by atoms with van der Waals surface area (Å²) in [6.45, 7) is 0.573. The van der Waals surface area contributed by atoms with Crippen LogP contribution < -0.4 is 24.3 Å². The number of hydrogen-bond donors (Lipinski definition) is 1. The van der Waals surface area contributed by atoms with Gasteiger partial charge < -0.3 is 24.3 Å². The van der Waals surface area contributed by atoms with Crippen molar-refractivity contribution in [2.75, 3.05) is 19.2 Å². The number of anilines is 2. The summed E-state index contributed by atoms with van der Waals surface area (Å²) in [4.78, 5) is 8.94. The van der Waals surface area contributed by atoms with Crippen molar-refractivity contribution >= 4 is 46.5 Å². The number of nitrogens with zero attached hydrogens (tertiary/aromatic N) is 2. The minimum Gasteiger partial charge on any atom is -0.495 e. The molecule has 0 atom stereocenters. The number of benzene rings is 3. The zero-order valence-electron chi connectivity index (χ0n) is 17.0. The third kappa shape index (κ3) is 4.44. The standard InChI is InChI=1S/C23H18ClN3O4.ClH/c1-28-22-14(3-2-4-18(22)24)12-29-17-7-5-16(6-8-17)26-23-25-11-15-9-20-21(31-13-30-20)10-19(15)27-23;/h2-11H,12-13H2,1H3,(H,25,26,27);1H. The van der Waals surface area contributed by atoms with Gasteiger partial charge in [0.15, 0.2) is 11.5 Å². The summed E-state index contributed by atoms with van der Waals surface area (Å²) in [5.41, 5.74) is 2.49. The molecule has 0 amide bonds. The van der Waals surface area contributed by atoms with Crippen molar-refractivity contribution in [1.29, 1.82) is 0 Å². The van der Waals surface area contributed by atoms with Gasteiger partial charge in [-0.15, -0.1) is 12.4 Å². The Morgan fingerprint density at radius 1 is 1.06 bits per heavy atom. The monoisotopic (exact) mass is 471 g/mol. The number of fused-ring (bicyclic) bond motifs is 2. The SMILES string of the molecule is COc1c(Cl)cccc1COc1ccc(Nc2ncc3cc4c(cc3n2)OCO4)cc1.Cl. The predicted octanol–water partition coefficient (Wildman–Crippen LogP) is 5.76. The number of para-hydroxylation sites is 1. The van der Waals surface area contributed by atoms with Crippen molar-refractivity contribution in [2.24, 2.45) is 0 Å². The molecule has 0 saturated carbocycles. The second-order valence-electron chi connectivity index (χ2n) is 6.83. The lowest BCUT2D eigenvalue weighted by atomic mass is 10.2. The van der Waals surface area contributed by atoms with Crippen LogP contribution in [0.15, 0.2) is 60.8 Å². The van der Waals surface area contributed by atoms with Gasteiger partial charge in [-0.25, -0.2) is 9.97 Å². The highest BCUT2D eigenvalue weighted by atomic mass is 35.5. The Kier molecular flexibility index (Phi) is 6.39. The molecule has 0 fully saturated rings. The third-order valence-corrected chi connectivity index (χ3v) is 5.13. The Labute approximate surface area is 195 Å². The van der Waals surface area contributed by atoms with Crippen LogP contribution in [0.5, 0.6) is 23.0 Å². The zero-order chi connectivity index (χ0) is 21.2. The predicted molar refractivity (Wildman–Crippen MR) is 125 cm³/mol. The molecule has 0 saturated heterocycles. The highest BCUT2D eigenvalue weighted by Crippen LogP contribution is 2.35. The van der Waals surface area contributed by atoms with E-state index in [-0.39, 0.29) is 19.2 Å². The van der Waals surface area contributed by atoms with E-state index in [0.717, 1.165) is 27.9 Å². The van der Waals surface area contributed by atoms with Crippen LogP contribution in [-0.2, 0) is 6.61 Å². The Balaban J connectivity index is 0.00000245. The van der Waals surface area contributed by atoms with E-state index in [1.165, 1.54) is 0 Å². The summed E-state index contributed by atoms with van der Waals surface area (Å²) in [5.74, 6) is 3.24. The fraction of sp³-hybridized carbons (Fsp3) is 0.130. The highest BCUT2D eigenvalue weighted by Gasteiger charge is 2.15. The number of rotatable bonds is 6. The van der Waals surface area contributed by atoms with E-state index in [1.54, 1.807) is 19.4 Å². The van der Waals surface area contributed by atoms with Crippen molar-refractivity contribution in [3.63, 3.8) is 0 Å². The lowest BCUT2D eigenvalue weighted by Crippen LogP contribution is -2.00. The number of hydrogen-bond acceptors (Lipinski definition) is 7. The summed E-state index contributed by atoms with van der Waals surface area (Å²) >= 11 is 6.16. The molecule has 3 aromatic carbocycles. The Morgan fingerprint density at radius 3 is 2.62 bits per heavy atom. The molecule has 164 valence electrons. The topological polar surface area (TPSA) is 74.7 Å². The van der Waals surface area contributed by atoms with E-state index in [2.05, 4.69) is 15.3 Å². The molecule has 4 aromatic rings.